The van der Waals surface area contributed by atoms with Crippen molar-refractivity contribution in [1.29, 1.82) is 0 Å². The largest absolute Gasteiger partial charge is 0.497 e. The van der Waals surface area contributed by atoms with E-state index in [1.54, 1.807) is 30.2 Å². The Hall–Kier alpha value is -4.37. The van der Waals surface area contributed by atoms with Crippen molar-refractivity contribution in [3.05, 3.63) is 102 Å². The maximum absolute atomic E-state index is 14.0. The molecule has 0 unspecified atom stereocenters. The number of hydrogen-bond donors (Lipinski definition) is 1. The summed E-state index contributed by atoms with van der Waals surface area (Å²) in [4.78, 5) is 29.5. The molecule has 0 radical (unpaired) electrons. The summed E-state index contributed by atoms with van der Waals surface area (Å²) in [5.74, 6) is 0.193. The summed E-state index contributed by atoms with van der Waals surface area (Å²) in [6.45, 7) is 4.13. The van der Waals surface area contributed by atoms with Gasteiger partial charge in [0.1, 0.15) is 11.8 Å². The van der Waals surface area contributed by atoms with Crippen LogP contribution in [0.15, 0.2) is 95.9 Å². The van der Waals surface area contributed by atoms with Gasteiger partial charge in [-0.3, -0.25) is 13.9 Å². The molecule has 43 heavy (non-hydrogen) atoms. The summed E-state index contributed by atoms with van der Waals surface area (Å²) in [6.07, 6.45) is 0.705. The molecule has 0 bridgehead atoms. The molecule has 1 aliphatic heterocycles. The maximum Gasteiger partial charge on any atom is 0.265 e. The van der Waals surface area contributed by atoms with Crippen LogP contribution in [0, 0.1) is 0 Å². The van der Waals surface area contributed by atoms with Crippen molar-refractivity contribution in [1.82, 2.24) is 10.2 Å². The molecule has 0 fully saturated rings. The zero-order valence-corrected chi connectivity index (χ0v) is 25.5. The van der Waals surface area contributed by atoms with E-state index in [2.05, 4.69) is 5.32 Å². The number of ether oxygens (including phenoxy) is 1. The molecule has 4 aromatic rings. The first-order valence-corrected chi connectivity index (χ1v) is 15.9. The molecule has 2 amide bonds. The van der Waals surface area contributed by atoms with Crippen LogP contribution in [0.1, 0.15) is 37.8 Å². The predicted octanol–water partition coefficient (Wildman–Crippen LogP) is 5.30. The van der Waals surface area contributed by atoms with Crippen molar-refractivity contribution in [2.75, 3.05) is 18.0 Å². The first-order chi connectivity index (χ1) is 20.7. The SMILES string of the molecule is COc1cccc(CN(C(=O)CCCN2c3cccc4cccc(c34)S2(=O)=O)[C@@H](Cc2ccccc2)C(=O)NC(C)C)c1. The zero-order valence-electron chi connectivity index (χ0n) is 24.7. The first-order valence-electron chi connectivity index (χ1n) is 14.5. The van der Waals surface area contributed by atoms with Gasteiger partial charge in [0.15, 0.2) is 0 Å². The van der Waals surface area contributed by atoms with Gasteiger partial charge in [-0.2, -0.15) is 0 Å². The number of nitrogens with zero attached hydrogens (tertiary/aromatic N) is 2. The van der Waals surface area contributed by atoms with E-state index in [1.165, 1.54) is 4.31 Å². The second-order valence-corrected chi connectivity index (χ2v) is 12.9. The lowest BCUT2D eigenvalue weighted by Gasteiger charge is -2.32. The number of anilines is 1. The van der Waals surface area contributed by atoms with E-state index in [-0.39, 0.29) is 37.4 Å². The van der Waals surface area contributed by atoms with Gasteiger partial charge < -0.3 is 15.0 Å². The summed E-state index contributed by atoms with van der Waals surface area (Å²) in [5, 5.41) is 4.57. The number of nitrogens with one attached hydrogen (secondary N) is 1. The Morgan fingerprint density at radius 2 is 1.60 bits per heavy atom. The lowest BCUT2D eigenvalue weighted by molar-refractivity contribution is -0.141. The third-order valence-corrected chi connectivity index (χ3v) is 9.48. The van der Waals surface area contributed by atoms with E-state index in [9.17, 15) is 18.0 Å². The minimum absolute atomic E-state index is 0.0720. The van der Waals surface area contributed by atoms with Crippen molar-refractivity contribution < 1.29 is 22.7 Å². The van der Waals surface area contributed by atoms with E-state index < -0.39 is 16.1 Å². The lowest BCUT2D eigenvalue weighted by Crippen LogP contribution is -2.51. The molecule has 4 aromatic carbocycles. The monoisotopic (exact) mass is 599 g/mol. The molecular weight excluding hydrogens is 562 g/mol. The summed E-state index contributed by atoms with van der Waals surface area (Å²) < 4.78 is 33.7. The molecule has 0 spiro atoms. The number of amides is 2. The smallest absolute Gasteiger partial charge is 0.265 e. The van der Waals surface area contributed by atoms with Crippen LogP contribution in [0.2, 0.25) is 0 Å². The van der Waals surface area contributed by atoms with Gasteiger partial charge >= 0.3 is 0 Å². The quantitative estimate of drug-likeness (QED) is 0.238. The second-order valence-electron chi connectivity index (χ2n) is 11.1. The van der Waals surface area contributed by atoms with Gasteiger partial charge in [-0.1, -0.05) is 66.7 Å². The van der Waals surface area contributed by atoms with Crippen LogP contribution < -0.4 is 14.4 Å². The molecule has 1 atom stereocenters. The Morgan fingerprint density at radius 3 is 2.33 bits per heavy atom. The van der Waals surface area contributed by atoms with Gasteiger partial charge in [-0.05, 0) is 61.0 Å². The van der Waals surface area contributed by atoms with Crippen molar-refractivity contribution >= 4 is 38.3 Å². The van der Waals surface area contributed by atoms with E-state index in [1.807, 2.05) is 86.6 Å². The van der Waals surface area contributed by atoms with Crippen LogP contribution >= 0.6 is 0 Å². The summed E-state index contributed by atoms with van der Waals surface area (Å²) in [7, 11) is -2.14. The minimum Gasteiger partial charge on any atom is -0.497 e. The fourth-order valence-electron chi connectivity index (χ4n) is 5.62. The van der Waals surface area contributed by atoms with Crippen molar-refractivity contribution in [3.63, 3.8) is 0 Å². The van der Waals surface area contributed by atoms with Crippen molar-refractivity contribution in [3.8, 4) is 5.75 Å². The van der Waals surface area contributed by atoms with Crippen LogP contribution in [0.25, 0.3) is 10.8 Å². The van der Waals surface area contributed by atoms with Crippen molar-refractivity contribution in [2.45, 2.75) is 56.6 Å². The number of hydrogen-bond acceptors (Lipinski definition) is 5. The lowest BCUT2D eigenvalue weighted by atomic mass is 10.0. The molecule has 0 aliphatic carbocycles. The third kappa shape index (κ3) is 6.51. The number of methoxy groups -OCH3 is 1. The van der Waals surface area contributed by atoms with Crippen LogP contribution in [0.4, 0.5) is 5.69 Å². The van der Waals surface area contributed by atoms with Gasteiger partial charge in [0.2, 0.25) is 11.8 Å². The summed E-state index contributed by atoms with van der Waals surface area (Å²) >= 11 is 0. The predicted molar refractivity (Wildman–Crippen MR) is 168 cm³/mol. The van der Waals surface area contributed by atoms with Crippen molar-refractivity contribution in [2.24, 2.45) is 0 Å². The highest BCUT2D eigenvalue weighted by Gasteiger charge is 2.36. The summed E-state index contributed by atoms with van der Waals surface area (Å²) in [5.41, 5.74) is 2.39. The number of carbonyl (C=O) groups is 2. The Bertz CT molecular complexity index is 1720. The minimum atomic E-state index is -3.73. The number of rotatable bonds is 12. The van der Waals surface area contributed by atoms with E-state index in [0.29, 0.717) is 34.6 Å². The number of sulfonamides is 1. The molecule has 8 nitrogen and oxygen atoms in total. The van der Waals surface area contributed by atoms with Gasteiger partial charge in [-0.25, -0.2) is 8.42 Å². The van der Waals surface area contributed by atoms with Crippen LogP contribution in [-0.2, 0) is 32.6 Å². The molecule has 9 heteroatoms. The Morgan fingerprint density at radius 1 is 0.907 bits per heavy atom. The fraction of sp³-hybridized carbons (Fsp3) is 0.294. The first kappa shape index (κ1) is 30.1. The number of benzene rings is 4. The maximum atomic E-state index is 14.0. The standard InChI is InChI=1S/C34H37N3O5S/c1-24(2)35-34(39)30(22-25-11-5-4-6-12-25)36(23-26-13-7-16-28(21-26)42-3)32(38)19-10-20-37-29-17-8-14-27-15-9-18-31(33(27)29)43(37,40)41/h4-9,11-18,21,24,30H,10,19-20,22-23H2,1-3H3,(H,35,39)/t30-/m0/s1. The second kappa shape index (κ2) is 12.9. The molecule has 1 N–H and O–H groups in total. The van der Waals surface area contributed by atoms with Crippen LogP contribution in [0.3, 0.4) is 0 Å². The van der Waals surface area contributed by atoms with Crippen LogP contribution in [-0.4, -0.2) is 50.9 Å². The Balaban J connectivity index is 1.40. The molecule has 0 saturated carbocycles. The van der Waals surface area contributed by atoms with Crippen LogP contribution in [0.5, 0.6) is 5.75 Å². The van der Waals surface area contributed by atoms with Gasteiger partial charge in [0.25, 0.3) is 10.0 Å². The number of carbonyl (C=O) groups excluding carboxylic acids is 2. The van der Waals surface area contributed by atoms with E-state index in [0.717, 1.165) is 16.5 Å². The average molecular weight is 600 g/mol. The highest BCUT2D eigenvalue weighted by atomic mass is 32.2. The van der Waals surface area contributed by atoms with Gasteiger partial charge in [0, 0.05) is 37.4 Å². The highest BCUT2D eigenvalue weighted by Crippen LogP contribution is 2.42. The van der Waals surface area contributed by atoms with Gasteiger partial charge in [-0.15, -0.1) is 0 Å². The molecule has 1 heterocycles. The molecule has 5 rings (SSSR count). The van der Waals surface area contributed by atoms with Gasteiger partial charge in [0.05, 0.1) is 17.7 Å². The zero-order chi connectivity index (χ0) is 30.6. The Labute approximate surface area is 253 Å². The summed E-state index contributed by atoms with van der Waals surface area (Å²) in [6, 6.07) is 27.0. The topological polar surface area (TPSA) is 96.0 Å². The molecular formula is C34H37N3O5S. The molecule has 1 aliphatic rings. The van der Waals surface area contributed by atoms with E-state index >= 15 is 0 Å². The average Bonchev–Trinajstić information content (AvgIpc) is 3.22. The third-order valence-electron chi connectivity index (χ3n) is 7.62. The van der Waals surface area contributed by atoms with E-state index in [4.69, 9.17) is 4.74 Å². The molecule has 0 aromatic heterocycles. The molecule has 224 valence electrons. The molecule has 0 saturated heterocycles. The fourth-order valence-corrected chi connectivity index (χ4v) is 7.37. The Kier molecular flexibility index (Phi) is 9.01. The highest BCUT2D eigenvalue weighted by molar-refractivity contribution is 7.93. The normalized spacial score (nSPS) is 14.1.